The van der Waals surface area contributed by atoms with Gasteiger partial charge in [-0.3, -0.25) is 9.59 Å². The summed E-state index contributed by atoms with van der Waals surface area (Å²) in [5.74, 6) is -0.181. The minimum Gasteiger partial charge on any atom is -0.488 e. The highest BCUT2D eigenvalue weighted by Gasteiger charge is 2.25. The van der Waals surface area contributed by atoms with Gasteiger partial charge < -0.3 is 10.1 Å². The standard InChI is InChI=1S/C24H14BrCl3N2O3S/c25-18-9-13(1-8-20(18)33-12-15-4-7-17(27)11-19(15)28)10-21-23(32)30-24(34-21)29-22(31)14-2-5-16(26)6-3-14/h1-11H,12H2,(H,29,30,31,32)/b21-10-. The SMILES string of the molecule is O=C1NC(=NC(=O)c2ccc(Cl)cc2)S/C1=C\c1ccc(OCc2ccc(Cl)cc2Cl)c(Br)c1. The van der Waals surface area contributed by atoms with Gasteiger partial charge in [0.2, 0.25) is 0 Å². The lowest BCUT2D eigenvalue weighted by molar-refractivity contribution is -0.115. The molecule has 0 unspecified atom stereocenters. The molecule has 0 atom stereocenters. The first kappa shape index (κ1) is 24.8. The normalized spacial score (nSPS) is 15.6. The summed E-state index contributed by atoms with van der Waals surface area (Å²) in [6.45, 7) is 0.273. The van der Waals surface area contributed by atoms with Gasteiger partial charge in [0.1, 0.15) is 12.4 Å². The fourth-order valence-corrected chi connectivity index (χ4v) is 4.82. The molecule has 2 amide bonds. The Bertz CT molecular complexity index is 1340. The second-order valence-corrected chi connectivity index (χ2v) is 10.2. The number of carbonyl (C=O) groups excluding carboxylic acids is 2. The van der Waals surface area contributed by atoms with Crippen molar-refractivity contribution in [3.05, 3.63) is 102 Å². The Labute approximate surface area is 223 Å². The van der Waals surface area contributed by atoms with Gasteiger partial charge >= 0.3 is 0 Å². The maximum absolute atomic E-state index is 12.4. The number of rotatable bonds is 5. The van der Waals surface area contributed by atoms with Crippen molar-refractivity contribution in [1.29, 1.82) is 0 Å². The number of halogens is 4. The summed E-state index contributed by atoms with van der Waals surface area (Å²) < 4.78 is 6.57. The van der Waals surface area contributed by atoms with Crippen molar-refractivity contribution in [1.82, 2.24) is 5.32 Å². The van der Waals surface area contributed by atoms with Crippen LogP contribution in [0.5, 0.6) is 5.75 Å². The molecular weight excluding hydrogens is 583 g/mol. The van der Waals surface area contributed by atoms with Gasteiger partial charge in [0.15, 0.2) is 5.17 Å². The number of nitrogens with zero attached hydrogens (tertiary/aromatic N) is 1. The average molecular weight is 597 g/mol. The van der Waals surface area contributed by atoms with Gasteiger partial charge in [-0.05, 0) is 87.9 Å². The van der Waals surface area contributed by atoms with Gasteiger partial charge in [-0.2, -0.15) is 4.99 Å². The molecule has 5 nitrogen and oxygen atoms in total. The maximum Gasteiger partial charge on any atom is 0.279 e. The molecule has 1 fully saturated rings. The third-order valence-corrected chi connectivity index (χ3v) is 6.97. The van der Waals surface area contributed by atoms with Crippen molar-refractivity contribution < 1.29 is 14.3 Å². The molecule has 0 spiro atoms. The van der Waals surface area contributed by atoms with Crippen LogP contribution >= 0.6 is 62.5 Å². The molecule has 3 aromatic carbocycles. The first-order valence-electron chi connectivity index (χ1n) is 9.74. The monoisotopic (exact) mass is 594 g/mol. The highest BCUT2D eigenvalue weighted by atomic mass is 79.9. The number of amidine groups is 1. The molecule has 1 N–H and O–H groups in total. The summed E-state index contributed by atoms with van der Waals surface area (Å²) in [5.41, 5.74) is 1.96. The number of aliphatic imine (C=N–C) groups is 1. The van der Waals surface area contributed by atoms with E-state index in [2.05, 4.69) is 26.2 Å². The van der Waals surface area contributed by atoms with Crippen LogP contribution in [0.1, 0.15) is 21.5 Å². The summed E-state index contributed by atoms with van der Waals surface area (Å²) >= 11 is 22.6. The van der Waals surface area contributed by atoms with E-state index in [0.29, 0.717) is 35.8 Å². The summed E-state index contributed by atoms with van der Waals surface area (Å²) in [7, 11) is 0. The first-order valence-corrected chi connectivity index (χ1v) is 12.5. The summed E-state index contributed by atoms with van der Waals surface area (Å²) in [6.07, 6.45) is 1.71. The van der Waals surface area contributed by atoms with Crippen LogP contribution in [0.2, 0.25) is 15.1 Å². The van der Waals surface area contributed by atoms with Crippen LogP contribution in [0.25, 0.3) is 6.08 Å². The molecule has 1 aliphatic heterocycles. The summed E-state index contributed by atoms with van der Waals surface area (Å²) in [5, 5.41) is 4.44. The van der Waals surface area contributed by atoms with E-state index in [0.717, 1.165) is 22.9 Å². The van der Waals surface area contributed by atoms with Crippen molar-refractivity contribution in [3.63, 3.8) is 0 Å². The van der Waals surface area contributed by atoms with E-state index in [1.165, 1.54) is 0 Å². The van der Waals surface area contributed by atoms with E-state index in [9.17, 15) is 9.59 Å². The van der Waals surface area contributed by atoms with Gasteiger partial charge in [0, 0.05) is 26.2 Å². The second kappa shape index (κ2) is 11.0. The molecule has 0 bridgehead atoms. The molecular formula is C24H14BrCl3N2O3S. The van der Waals surface area contributed by atoms with E-state index in [4.69, 9.17) is 39.5 Å². The largest absolute Gasteiger partial charge is 0.488 e. The number of hydrogen-bond donors (Lipinski definition) is 1. The van der Waals surface area contributed by atoms with E-state index < -0.39 is 5.91 Å². The van der Waals surface area contributed by atoms with Crippen LogP contribution < -0.4 is 10.1 Å². The third-order valence-electron chi connectivity index (χ3n) is 4.60. The number of ether oxygens (including phenoxy) is 1. The molecule has 1 heterocycles. The fourth-order valence-electron chi connectivity index (χ4n) is 2.90. The van der Waals surface area contributed by atoms with Crippen LogP contribution in [0, 0.1) is 0 Å². The van der Waals surface area contributed by atoms with Gasteiger partial charge in [-0.15, -0.1) is 0 Å². The highest BCUT2D eigenvalue weighted by Crippen LogP contribution is 2.31. The lowest BCUT2D eigenvalue weighted by atomic mass is 10.2. The zero-order valence-corrected chi connectivity index (χ0v) is 21.8. The Hall–Kier alpha value is -2.29. The lowest BCUT2D eigenvalue weighted by Gasteiger charge is -2.10. The fraction of sp³-hybridized carbons (Fsp3) is 0.0417. The van der Waals surface area contributed by atoms with Gasteiger partial charge in [-0.1, -0.05) is 46.9 Å². The van der Waals surface area contributed by atoms with E-state index in [-0.39, 0.29) is 17.7 Å². The Kier molecular flexibility index (Phi) is 8.01. The van der Waals surface area contributed by atoms with Crippen molar-refractivity contribution in [2.45, 2.75) is 6.61 Å². The van der Waals surface area contributed by atoms with Crippen LogP contribution in [-0.2, 0) is 11.4 Å². The molecule has 0 aliphatic carbocycles. The molecule has 10 heteroatoms. The Morgan fingerprint density at radius 3 is 2.47 bits per heavy atom. The van der Waals surface area contributed by atoms with Crippen molar-refractivity contribution in [3.8, 4) is 5.75 Å². The number of nitrogens with one attached hydrogen (secondary N) is 1. The van der Waals surface area contributed by atoms with Crippen LogP contribution in [0.3, 0.4) is 0 Å². The average Bonchev–Trinajstić information content (AvgIpc) is 3.13. The quantitative estimate of drug-likeness (QED) is 0.312. The first-order chi connectivity index (χ1) is 16.3. The Balaban J connectivity index is 1.44. The van der Waals surface area contributed by atoms with Crippen molar-refractivity contribution in [2.75, 3.05) is 0 Å². The summed E-state index contributed by atoms with van der Waals surface area (Å²) in [4.78, 5) is 29.1. The van der Waals surface area contributed by atoms with Gasteiger partial charge in [0.25, 0.3) is 11.8 Å². The van der Waals surface area contributed by atoms with E-state index >= 15 is 0 Å². The number of amides is 2. The van der Waals surface area contributed by atoms with Crippen LogP contribution in [0.4, 0.5) is 0 Å². The van der Waals surface area contributed by atoms with E-state index in [1.807, 2.05) is 18.2 Å². The molecule has 1 saturated heterocycles. The number of thioether (sulfide) groups is 1. The molecule has 34 heavy (non-hydrogen) atoms. The number of hydrogen-bond acceptors (Lipinski definition) is 4. The van der Waals surface area contributed by atoms with Gasteiger partial charge in [0.05, 0.1) is 9.38 Å². The molecule has 3 aromatic rings. The Morgan fingerprint density at radius 1 is 1.03 bits per heavy atom. The number of carbonyl (C=O) groups is 2. The number of benzene rings is 3. The molecule has 1 aliphatic rings. The molecule has 0 radical (unpaired) electrons. The smallest absolute Gasteiger partial charge is 0.279 e. The molecule has 172 valence electrons. The zero-order valence-electron chi connectivity index (χ0n) is 17.2. The topological polar surface area (TPSA) is 67.8 Å². The van der Waals surface area contributed by atoms with Crippen LogP contribution in [-0.4, -0.2) is 17.0 Å². The molecule has 0 aromatic heterocycles. The predicted molar refractivity (Wildman–Crippen MR) is 142 cm³/mol. The Morgan fingerprint density at radius 2 is 1.76 bits per heavy atom. The molecule has 0 saturated carbocycles. The van der Waals surface area contributed by atoms with Crippen molar-refractivity contribution in [2.24, 2.45) is 4.99 Å². The minimum atomic E-state index is -0.467. The predicted octanol–water partition coefficient (Wildman–Crippen LogP) is 7.39. The molecule has 4 rings (SSSR count). The third kappa shape index (κ3) is 6.23. The minimum absolute atomic E-state index is 0.218. The van der Waals surface area contributed by atoms with Crippen LogP contribution in [0.15, 0.2) is 75.0 Å². The van der Waals surface area contributed by atoms with Crippen molar-refractivity contribution >= 4 is 85.6 Å². The lowest BCUT2D eigenvalue weighted by Crippen LogP contribution is -2.20. The maximum atomic E-state index is 12.4. The second-order valence-electron chi connectivity index (χ2n) is 7.01. The van der Waals surface area contributed by atoms with Gasteiger partial charge in [-0.25, -0.2) is 0 Å². The van der Waals surface area contributed by atoms with E-state index in [1.54, 1.807) is 48.5 Å². The highest BCUT2D eigenvalue weighted by molar-refractivity contribution is 9.10. The zero-order chi connectivity index (χ0) is 24.2. The summed E-state index contributed by atoms with van der Waals surface area (Å²) in [6, 6.07) is 17.0.